The fourth-order valence-corrected chi connectivity index (χ4v) is 2.23. The summed E-state index contributed by atoms with van der Waals surface area (Å²) in [5.41, 5.74) is 5.71. The maximum absolute atomic E-state index is 11.8. The van der Waals surface area contributed by atoms with Crippen molar-refractivity contribution in [2.24, 2.45) is 5.73 Å². The molecule has 1 aliphatic carbocycles. The van der Waals surface area contributed by atoms with Crippen LogP contribution in [0.4, 0.5) is 13.2 Å². The monoisotopic (exact) mass is 242 g/mol. The van der Waals surface area contributed by atoms with Gasteiger partial charge in [-0.2, -0.15) is 24.9 Å². The van der Waals surface area contributed by atoms with E-state index in [4.69, 9.17) is 5.73 Å². The van der Waals surface area contributed by atoms with Gasteiger partial charge in [0.15, 0.2) is 0 Å². The molecular formula is C8H13F3N2OS. The van der Waals surface area contributed by atoms with Crippen LogP contribution in [-0.2, 0) is 4.79 Å². The lowest BCUT2D eigenvalue weighted by molar-refractivity contribution is -0.173. The van der Waals surface area contributed by atoms with Gasteiger partial charge in [-0.25, -0.2) is 0 Å². The molecule has 1 rings (SSSR count). The first-order valence-electron chi connectivity index (χ1n) is 4.47. The van der Waals surface area contributed by atoms with E-state index in [1.165, 1.54) is 0 Å². The minimum atomic E-state index is -4.82. The number of rotatable bonds is 4. The Morgan fingerprint density at radius 1 is 1.60 bits per heavy atom. The fourth-order valence-electron chi connectivity index (χ4n) is 1.34. The van der Waals surface area contributed by atoms with E-state index in [0.29, 0.717) is 0 Å². The first-order chi connectivity index (χ1) is 6.82. The number of thioether (sulfide) groups is 1. The third-order valence-corrected chi connectivity index (χ3v) is 4.09. The Kier molecular flexibility index (Phi) is 3.55. The minimum absolute atomic E-state index is 0.126. The van der Waals surface area contributed by atoms with Crippen molar-refractivity contribution in [1.29, 1.82) is 0 Å². The van der Waals surface area contributed by atoms with E-state index in [-0.39, 0.29) is 11.3 Å². The third-order valence-electron chi connectivity index (χ3n) is 2.57. The number of carbonyl (C=O) groups excluding carboxylic acids is 1. The van der Waals surface area contributed by atoms with Crippen molar-refractivity contribution in [1.82, 2.24) is 5.32 Å². The number of alkyl halides is 3. The second-order valence-corrected chi connectivity index (χ2v) is 4.80. The Labute approximate surface area is 90.0 Å². The van der Waals surface area contributed by atoms with Gasteiger partial charge in [0.1, 0.15) is 0 Å². The highest BCUT2D eigenvalue weighted by Crippen LogP contribution is 2.49. The van der Waals surface area contributed by atoms with Gasteiger partial charge in [0.05, 0.1) is 0 Å². The van der Waals surface area contributed by atoms with Crippen LogP contribution in [0.1, 0.15) is 12.8 Å². The van der Waals surface area contributed by atoms with Gasteiger partial charge in [-0.1, -0.05) is 0 Å². The highest BCUT2D eigenvalue weighted by atomic mass is 32.2. The van der Waals surface area contributed by atoms with Crippen molar-refractivity contribution in [3.63, 3.8) is 0 Å². The third kappa shape index (κ3) is 3.01. The van der Waals surface area contributed by atoms with E-state index in [1.807, 2.05) is 6.26 Å². The van der Waals surface area contributed by atoms with Crippen molar-refractivity contribution in [3.8, 4) is 0 Å². The van der Waals surface area contributed by atoms with Crippen molar-refractivity contribution < 1.29 is 18.0 Å². The maximum Gasteiger partial charge on any atom is 0.471 e. The molecular weight excluding hydrogens is 229 g/mol. The Balaban J connectivity index is 2.35. The molecule has 0 aromatic heterocycles. The van der Waals surface area contributed by atoms with E-state index in [1.54, 1.807) is 17.1 Å². The van der Waals surface area contributed by atoms with Gasteiger partial charge in [-0.15, -0.1) is 0 Å². The van der Waals surface area contributed by atoms with Gasteiger partial charge in [0.2, 0.25) is 0 Å². The van der Waals surface area contributed by atoms with Gasteiger partial charge >= 0.3 is 12.1 Å². The standard InChI is InChI=1S/C8H13F3N2OS/c1-15-7(2-3-7)5(12)4-13-6(14)8(9,10)11/h5H,2-4,12H2,1H3,(H,13,14). The van der Waals surface area contributed by atoms with Crippen LogP contribution in [0.25, 0.3) is 0 Å². The molecule has 1 unspecified atom stereocenters. The topological polar surface area (TPSA) is 55.1 Å². The van der Waals surface area contributed by atoms with Crippen LogP contribution in [0.2, 0.25) is 0 Å². The van der Waals surface area contributed by atoms with E-state index < -0.39 is 18.1 Å². The molecule has 0 aromatic carbocycles. The van der Waals surface area contributed by atoms with Crippen LogP contribution in [0, 0.1) is 0 Å². The second kappa shape index (κ2) is 4.21. The Hall–Kier alpha value is -0.430. The van der Waals surface area contributed by atoms with Crippen LogP contribution in [-0.4, -0.2) is 35.7 Å². The normalized spacial score (nSPS) is 20.9. The number of hydrogen-bond donors (Lipinski definition) is 2. The summed E-state index contributed by atoms with van der Waals surface area (Å²) in [5.74, 6) is -1.92. The van der Waals surface area contributed by atoms with E-state index >= 15 is 0 Å². The second-order valence-electron chi connectivity index (χ2n) is 3.58. The molecule has 0 aliphatic heterocycles. The molecule has 88 valence electrons. The molecule has 1 fully saturated rings. The zero-order valence-corrected chi connectivity index (χ0v) is 9.04. The summed E-state index contributed by atoms with van der Waals surface area (Å²) in [6, 6.07) is -0.418. The summed E-state index contributed by atoms with van der Waals surface area (Å²) in [6.45, 7) is -0.126. The molecule has 0 heterocycles. The molecule has 1 saturated carbocycles. The first-order valence-corrected chi connectivity index (χ1v) is 5.70. The van der Waals surface area contributed by atoms with Gasteiger partial charge in [-0.3, -0.25) is 4.79 Å². The first kappa shape index (κ1) is 12.6. The van der Waals surface area contributed by atoms with Crippen LogP contribution in [0.3, 0.4) is 0 Å². The van der Waals surface area contributed by atoms with Gasteiger partial charge < -0.3 is 11.1 Å². The Bertz CT molecular complexity index is 253. The quantitative estimate of drug-likeness (QED) is 0.769. The number of nitrogens with two attached hydrogens (primary N) is 1. The summed E-state index contributed by atoms with van der Waals surface area (Å²) >= 11 is 1.55. The van der Waals surface area contributed by atoms with Crippen molar-refractivity contribution in [2.45, 2.75) is 29.8 Å². The molecule has 0 spiro atoms. The summed E-state index contributed by atoms with van der Waals surface area (Å²) in [4.78, 5) is 10.5. The SMILES string of the molecule is CSC1(C(N)CNC(=O)C(F)(F)F)CC1. The number of halogens is 3. The molecule has 0 radical (unpaired) electrons. The molecule has 1 aliphatic rings. The lowest BCUT2D eigenvalue weighted by Gasteiger charge is -2.21. The van der Waals surface area contributed by atoms with Gasteiger partial charge in [0.25, 0.3) is 0 Å². The van der Waals surface area contributed by atoms with Crippen molar-refractivity contribution >= 4 is 17.7 Å². The summed E-state index contributed by atoms with van der Waals surface area (Å²) in [6.07, 6.45) is -1.15. The van der Waals surface area contributed by atoms with Crippen LogP contribution in [0.5, 0.6) is 0 Å². The number of nitrogens with one attached hydrogen (secondary N) is 1. The predicted molar refractivity (Wildman–Crippen MR) is 52.5 cm³/mol. The van der Waals surface area contributed by atoms with Crippen LogP contribution < -0.4 is 11.1 Å². The largest absolute Gasteiger partial charge is 0.471 e. The zero-order valence-electron chi connectivity index (χ0n) is 8.23. The molecule has 1 atom stereocenters. The molecule has 1 amide bonds. The van der Waals surface area contributed by atoms with Crippen LogP contribution in [0.15, 0.2) is 0 Å². The van der Waals surface area contributed by atoms with Crippen LogP contribution >= 0.6 is 11.8 Å². The maximum atomic E-state index is 11.8. The highest BCUT2D eigenvalue weighted by Gasteiger charge is 2.48. The van der Waals surface area contributed by atoms with Crippen molar-refractivity contribution in [3.05, 3.63) is 0 Å². The lowest BCUT2D eigenvalue weighted by atomic mass is 10.2. The molecule has 3 N–H and O–H groups in total. The Morgan fingerprint density at radius 3 is 2.47 bits per heavy atom. The minimum Gasteiger partial charge on any atom is -0.347 e. The summed E-state index contributed by atoms with van der Waals surface area (Å²) in [5, 5.41) is 1.80. The number of hydrogen-bond acceptors (Lipinski definition) is 3. The van der Waals surface area contributed by atoms with Crippen molar-refractivity contribution in [2.75, 3.05) is 12.8 Å². The zero-order chi connectivity index (χ0) is 11.7. The number of amides is 1. The molecule has 3 nitrogen and oxygen atoms in total. The predicted octanol–water partition coefficient (Wildman–Crippen LogP) is 0.888. The van der Waals surface area contributed by atoms with E-state index in [2.05, 4.69) is 0 Å². The molecule has 0 saturated heterocycles. The average molecular weight is 242 g/mol. The molecule has 15 heavy (non-hydrogen) atoms. The highest BCUT2D eigenvalue weighted by molar-refractivity contribution is 8.00. The Morgan fingerprint density at radius 2 is 2.13 bits per heavy atom. The average Bonchev–Trinajstić information content (AvgIpc) is 2.92. The van der Waals surface area contributed by atoms with Gasteiger partial charge in [0, 0.05) is 17.3 Å². The summed E-state index contributed by atoms with van der Waals surface area (Å²) < 4.78 is 35.4. The van der Waals surface area contributed by atoms with E-state index in [9.17, 15) is 18.0 Å². The molecule has 7 heteroatoms. The van der Waals surface area contributed by atoms with Gasteiger partial charge in [-0.05, 0) is 19.1 Å². The summed E-state index contributed by atoms with van der Waals surface area (Å²) in [7, 11) is 0. The molecule has 0 bridgehead atoms. The lowest BCUT2D eigenvalue weighted by Crippen LogP contribution is -2.48. The number of carbonyl (C=O) groups is 1. The fraction of sp³-hybridized carbons (Fsp3) is 0.875. The van der Waals surface area contributed by atoms with E-state index in [0.717, 1.165) is 12.8 Å². The molecule has 0 aromatic rings. The smallest absolute Gasteiger partial charge is 0.347 e.